The van der Waals surface area contributed by atoms with Crippen LogP contribution < -0.4 is 15.8 Å². The number of rotatable bonds is 5. The summed E-state index contributed by atoms with van der Waals surface area (Å²) in [4.78, 5) is 4.01. The fourth-order valence-electron chi connectivity index (χ4n) is 1.67. The molecule has 0 aliphatic rings. The molecule has 0 aliphatic carbocycles. The van der Waals surface area contributed by atoms with E-state index < -0.39 is 0 Å². The minimum absolute atomic E-state index is 0.0653. The van der Waals surface area contributed by atoms with E-state index >= 15 is 0 Å². The molecular weight excluding hydrogens is 260 g/mol. The number of aromatic nitrogens is 2. The number of nitrogens with two attached hydrogens (primary N) is 1. The first-order valence-corrected chi connectivity index (χ1v) is 6.93. The molecule has 102 valence electrons. The van der Waals surface area contributed by atoms with Gasteiger partial charge in [0.15, 0.2) is 16.6 Å². The van der Waals surface area contributed by atoms with Crippen molar-refractivity contribution in [3.8, 4) is 5.75 Å². The highest BCUT2D eigenvalue weighted by Crippen LogP contribution is 2.37. The van der Waals surface area contributed by atoms with Crippen LogP contribution in [0.25, 0.3) is 0 Å². The van der Waals surface area contributed by atoms with Gasteiger partial charge >= 0.3 is 0 Å². The molecule has 1 unspecified atom stereocenters. The number of pyridine rings is 1. The van der Waals surface area contributed by atoms with Crippen LogP contribution in [-0.4, -0.2) is 15.5 Å². The maximum Gasteiger partial charge on any atom is 0.197 e. The quantitative estimate of drug-likeness (QED) is 0.879. The largest absolute Gasteiger partial charge is 0.484 e. The summed E-state index contributed by atoms with van der Waals surface area (Å²) in [5.41, 5.74) is 6.98. The van der Waals surface area contributed by atoms with Gasteiger partial charge in [0.2, 0.25) is 0 Å². The van der Waals surface area contributed by atoms with Crippen molar-refractivity contribution < 1.29 is 4.74 Å². The molecule has 0 saturated heterocycles. The Morgan fingerprint density at radius 2 is 1.95 bits per heavy atom. The van der Waals surface area contributed by atoms with Crippen LogP contribution >= 0.6 is 11.5 Å². The van der Waals surface area contributed by atoms with Gasteiger partial charge < -0.3 is 15.8 Å². The highest BCUT2D eigenvalue weighted by atomic mass is 32.1. The Morgan fingerprint density at radius 3 is 2.58 bits per heavy atom. The Hall–Kier alpha value is -1.82. The minimum atomic E-state index is 0.0653. The van der Waals surface area contributed by atoms with Crippen molar-refractivity contribution in [1.29, 1.82) is 0 Å². The van der Waals surface area contributed by atoms with Gasteiger partial charge in [0.25, 0.3) is 0 Å². The van der Waals surface area contributed by atoms with Crippen molar-refractivity contribution >= 4 is 22.4 Å². The van der Waals surface area contributed by atoms with Crippen LogP contribution in [0.3, 0.4) is 0 Å². The van der Waals surface area contributed by atoms with Crippen molar-refractivity contribution in [2.75, 3.05) is 11.1 Å². The summed E-state index contributed by atoms with van der Waals surface area (Å²) in [6.45, 7) is 6.00. The molecular formula is C13H18N4OS. The van der Waals surface area contributed by atoms with Crippen molar-refractivity contribution in [3.05, 3.63) is 30.1 Å². The summed E-state index contributed by atoms with van der Waals surface area (Å²) in [5, 5.41) is 4.23. The second-order valence-electron chi connectivity index (χ2n) is 4.54. The molecule has 2 aromatic heterocycles. The lowest BCUT2D eigenvalue weighted by atomic mass is 10.1. The first-order valence-electron chi connectivity index (χ1n) is 6.16. The van der Waals surface area contributed by atoms with E-state index in [1.807, 2.05) is 26.0 Å². The predicted molar refractivity (Wildman–Crippen MR) is 78.6 cm³/mol. The average molecular weight is 278 g/mol. The highest BCUT2D eigenvalue weighted by molar-refractivity contribution is 7.11. The number of anilines is 2. The van der Waals surface area contributed by atoms with Gasteiger partial charge in [0.1, 0.15) is 0 Å². The number of nitrogens with zero attached hydrogens (tertiary/aromatic N) is 2. The number of ether oxygens (including phenoxy) is 1. The number of hydrogen-bond acceptors (Lipinski definition) is 6. The topological polar surface area (TPSA) is 73.1 Å². The average Bonchev–Trinajstić information content (AvgIpc) is 2.72. The molecule has 5 nitrogen and oxygen atoms in total. The van der Waals surface area contributed by atoms with Crippen molar-refractivity contribution in [2.24, 2.45) is 0 Å². The van der Waals surface area contributed by atoms with Gasteiger partial charge in [0, 0.05) is 18.4 Å². The molecule has 3 N–H and O–H groups in total. The van der Waals surface area contributed by atoms with Gasteiger partial charge in [0.05, 0.1) is 6.10 Å². The van der Waals surface area contributed by atoms with E-state index in [0.29, 0.717) is 11.6 Å². The fourth-order valence-corrected chi connectivity index (χ4v) is 2.41. The number of nitrogens with one attached hydrogen (secondary N) is 1. The lowest BCUT2D eigenvalue weighted by Gasteiger charge is -2.16. The zero-order chi connectivity index (χ0) is 13.8. The van der Waals surface area contributed by atoms with Crippen LogP contribution in [0.5, 0.6) is 5.75 Å². The van der Waals surface area contributed by atoms with E-state index in [1.165, 1.54) is 11.5 Å². The summed E-state index contributed by atoms with van der Waals surface area (Å²) < 4.78 is 9.84. The molecule has 0 aliphatic heterocycles. The first-order chi connectivity index (χ1) is 9.08. The molecule has 2 rings (SSSR count). The third-order valence-electron chi connectivity index (χ3n) is 2.58. The Kier molecular flexibility index (Phi) is 4.21. The Bertz CT molecular complexity index is 527. The highest BCUT2D eigenvalue weighted by Gasteiger charge is 2.16. The fraction of sp³-hybridized carbons (Fsp3) is 0.385. The lowest BCUT2D eigenvalue weighted by molar-refractivity contribution is 0.245. The van der Waals surface area contributed by atoms with Gasteiger partial charge in [-0.1, -0.05) is 0 Å². The molecule has 19 heavy (non-hydrogen) atoms. The van der Waals surface area contributed by atoms with Crippen LogP contribution in [0, 0.1) is 0 Å². The molecule has 2 heterocycles. The number of hydrogen-bond donors (Lipinski definition) is 2. The van der Waals surface area contributed by atoms with E-state index in [0.717, 1.165) is 10.6 Å². The lowest BCUT2D eigenvalue weighted by Crippen LogP contribution is -2.10. The molecule has 6 heteroatoms. The Labute approximate surface area is 117 Å². The van der Waals surface area contributed by atoms with Crippen molar-refractivity contribution in [3.63, 3.8) is 0 Å². The van der Waals surface area contributed by atoms with Gasteiger partial charge in [-0.15, -0.1) is 0 Å². The van der Waals surface area contributed by atoms with Gasteiger partial charge in [-0.25, -0.2) is 0 Å². The van der Waals surface area contributed by atoms with E-state index in [9.17, 15) is 0 Å². The molecule has 0 amide bonds. The molecule has 1 atom stereocenters. The van der Waals surface area contributed by atoms with Crippen LogP contribution in [0.1, 0.15) is 32.4 Å². The molecule has 0 fully saturated rings. The summed E-state index contributed by atoms with van der Waals surface area (Å²) >= 11 is 1.31. The van der Waals surface area contributed by atoms with E-state index in [-0.39, 0.29) is 12.1 Å². The van der Waals surface area contributed by atoms with Gasteiger partial charge in [-0.3, -0.25) is 4.98 Å². The Morgan fingerprint density at radius 1 is 1.26 bits per heavy atom. The summed E-state index contributed by atoms with van der Waals surface area (Å²) in [6.07, 6.45) is 3.62. The zero-order valence-corrected chi connectivity index (χ0v) is 12.1. The second-order valence-corrected chi connectivity index (χ2v) is 5.31. The molecule has 2 aromatic rings. The molecule has 0 bridgehead atoms. The smallest absolute Gasteiger partial charge is 0.197 e. The van der Waals surface area contributed by atoms with E-state index in [2.05, 4.69) is 21.6 Å². The van der Waals surface area contributed by atoms with Crippen LogP contribution in [-0.2, 0) is 0 Å². The zero-order valence-electron chi connectivity index (χ0n) is 11.3. The van der Waals surface area contributed by atoms with Crippen molar-refractivity contribution in [2.45, 2.75) is 32.9 Å². The van der Waals surface area contributed by atoms with E-state index in [4.69, 9.17) is 10.5 Å². The molecule has 0 radical (unpaired) electrons. The first kappa shape index (κ1) is 13.6. The summed E-state index contributed by atoms with van der Waals surface area (Å²) in [6, 6.07) is 4.09. The minimum Gasteiger partial charge on any atom is -0.484 e. The summed E-state index contributed by atoms with van der Waals surface area (Å²) in [7, 11) is 0. The number of nitrogen functional groups attached to an aromatic ring is 1. The normalized spacial score (nSPS) is 12.4. The van der Waals surface area contributed by atoms with Crippen LogP contribution in [0.2, 0.25) is 0 Å². The van der Waals surface area contributed by atoms with Gasteiger partial charge in [-0.2, -0.15) is 4.37 Å². The SMILES string of the molecule is CC(C)Oc1c(N)nsc1NC(C)c1ccncc1. The molecule has 0 spiro atoms. The summed E-state index contributed by atoms with van der Waals surface area (Å²) in [5.74, 6) is 1.07. The standard InChI is InChI=1S/C13H18N4OS/c1-8(2)18-11-12(14)17-19-13(11)16-9(3)10-4-6-15-7-5-10/h4-9,16H,1-3H3,(H2,14,17). The molecule has 0 saturated carbocycles. The maximum atomic E-state index is 5.83. The predicted octanol–water partition coefficient (Wildman–Crippen LogP) is 3.08. The third-order valence-corrected chi connectivity index (χ3v) is 3.36. The Balaban J connectivity index is 2.15. The van der Waals surface area contributed by atoms with Gasteiger partial charge in [-0.05, 0) is 50.0 Å². The van der Waals surface area contributed by atoms with E-state index in [1.54, 1.807) is 12.4 Å². The van der Waals surface area contributed by atoms with Crippen molar-refractivity contribution in [1.82, 2.24) is 9.36 Å². The monoisotopic (exact) mass is 278 g/mol. The third kappa shape index (κ3) is 3.35. The second kappa shape index (κ2) is 5.88. The maximum absolute atomic E-state index is 5.83. The van der Waals surface area contributed by atoms with Crippen LogP contribution in [0.15, 0.2) is 24.5 Å². The van der Waals surface area contributed by atoms with Crippen LogP contribution in [0.4, 0.5) is 10.8 Å². The molecule has 0 aromatic carbocycles.